The van der Waals surface area contributed by atoms with Gasteiger partial charge in [0.25, 0.3) is 0 Å². The van der Waals surface area contributed by atoms with Crippen molar-refractivity contribution in [1.29, 1.82) is 0 Å². The number of nitrogens with zero attached hydrogens (tertiary/aromatic N) is 2. The molecule has 20 heavy (non-hydrogen) atoms. The van der Waals surface area contributed by atoms with Crippen LogP contribution in [0.4, 0.5) is 0 Å². The van der Waals surface area contributed by atoms with Crippen molar-refractivity contribution in [2.45, 2.75) is 26.4 Å². The number of methoxy groups -OCH3 is 1. The van der Waals surface area contributed by atoms with E-state index in [2.05, 4.69) is 58.4 Å². The average Bonchev–Trinajstić information content (AvgIpc) is 2.81. The van der Waals surface area contributed by atoms with E-state index in [4.69, 9.17) is 4.74 Å². The Morgan fingerprint density at radius 3 is 2.70 bits per heavy atom. The average molecular weight is 338 g/mol. The molecule has 1 atom stereocenters. The molecule has 0 aliphatic heterocycles. The van der Waals surface area contributed by atoms with Gasteiger partial charge in [0.2, 0.25) is 0 Å². The third-order valence-electron chi connectivity index (χ3n) is 3.32. The van der Waals surface area contributed by atoms with Gasteiger partial charge in [-0.1, -0.05) is 22.0 Å². The molecule has 108 valence electrons. The molecule has 1 N–H and O–H groups in total. The molecule has 0 amide bonds. The van der Waals surface area contributed by atoms with Crippen LogP contribution in [0.3, 0.4) is 0 Å². The smallest absolute Gasteiger partial charge is 0.161 e. The van der Waals surface area contributed by atoms with Crippen molar-refractivity contribution >= 4 is 15.9 Å². The fourth-order valence-electron chi connectivity index (χ4n) is 2.47. The molecule has 2 aromatic rings. The van der Waals surface area contributed by atoms with Gasteiger partial charge in [-0.3, -0.25) is 4.68 Å². The number of ether oxygens (including phenoxy) is 1. The fraction of sp³-hybridized carbons (Fsp3) is 0.400. The highest BCUT2D eigenvalue weighted by molar-refractivity contribution is 9.10. The lowest BCUT2D eigenvalue weighted by Gasteiger charge is -2.20. The molecule has 1 unspecified atom stereocenters. The topological polar surface area (TPSA) is 39.1 Å². The van der Waals surface area contributed by atoms with Crippen molar-refractivity contribution in [3.63, 3.8) is 0 Å². The Labute approximate surface area is 128 Å². The zero-order valence-electron chi connectivity index (χ0n) is 12.3. The Bertz CT molecular complexity index is 553. The summed E-state index contributed by atoms with van der Waals surface area (Å²) in [4.78, 5) is 0. The number of halogens is 1. The lowest BCUT2D eigenvalue weighted by atomic mass is 10.0. The summed E-state index contributed by atoms with van der Waals surface area (Å²) in [5.74, 6) is 0.809. The standard InChI is InChI=1S/C15H20BrN3O/c1-5-19-15(13(20-4)9-18-19)14(17-3)11-6-10(2)7-12(16)8-11/h6-9,14,17H,5H2,1-4H3. The van der Waals surface area contributed by atoms with Crippen LogP contribution in [0.15, 0.2) is 28.9 Å². The third-order valence-corrected chi connectivity index (χ3v) is 3.78. The predicted octanol–water partition coefficient (Wildman–Crippen LogP) is 3.29. The first-order chi connectivity index (χ1) is 9.60. The first-order valence-electron chi connectivity index (χ1n) is 6.64. The summed E-state index contributed by atoms with van der Waals surface area (Å²) in [5.41, 5.74) is 3.46. The zero-order valence-corrected chi connectivity index (χ0v) is 13.9. The van der Waals surface area contributed by atoms with Gasteiger partial charge in [-0.25, -0.2) is 0 Å². The predicted molar refractivity (Wildman–Crippen MR) is 84.2 cm³/mol. The quantitative estimate of drug-likeness (QED) is 0.909. The highest BCUT2D eigenvalue weighted by Gasteiger charge is 2.22. The van der Waals surface area contributed by atoms with Crippen LogP contribution in [-0.2, 0) is 6.54 Å². The SMILES string of the molecule is CCn1ncc(OC)c1C(NC)c1cc(C)cc(Br)c1. The maximum absolute atomic E-state index is 5.46. The second-order valence-electron chi connectivity index (χ2n) is 4.70. The molecule has 0 spiro atoms. The molecule has 0 fully saturated rings. The number of aryl methyl sites for hydroxylation is 2. The molecule has 0 saturated carbocycles. The minimum Gasteiger partial charge on any atom is -0.493 e. The summed E-state index contributed by atoms with van der Waals surface area (Å²) in [6.45, 7) is 4.98. The molecule has 0 aliphatic rings. The van der Waals surface area contributed by atoms with Crippen molar-refractivity contribution in [2.24, 2.45) is 0 Å². The van der Waals surface area contributed by atoms with E-state index in [9.17, 15) is 0 Å². The largest absolute Gasteiger partial charge is 0.493 e. The number of hydrogen-bond donors (Lipinski definition) is 1. The summed E-state index contributed by atoms with van der Waals surface area (Å²) >= 11 is 3.56. The molecule has 0 bridgehead atoms. The number of benzene rings is 1. The van der Waals surface area contributed by atoms with E-state index in [0.717, 1.165) is 22.5 Å². The van der Waals surface area contributed by atoms with E-state index in [1.54, 1.807) is 13.3 Å². The van der Waals surface area contributed by atoms with Crippen LogP contribution >= 0.6 is 15.9 Å². The molecule has 0 saturated heterocycles. The molecule has 1 aromatic carbocycles. The molecule has 1 heterocycles. The van der Waals surface area contributed by atoms with Gasteiger partial charge in [-0.2, -0.15) is 5.10 Å². The molecule has 5 heteroatoms. The van der Waals surface area contributed by atoms with Crippen LogP contribution < -0.4 is 10.1 Å². The van der Waals surface area contributed by atoms with Crippen molar-refractivity contribution < 1.29 is 4.74 Å². The summed E-state index contributed by atoms with van der Waals surface area (Å²) < 4.78 is 8.50. The lowest BCUT2D eigenvalue weighted by Crippen LogP contribution is -2.22. The van der Waals surface area contributed by atoms with Gasteiger partial charge in [0.05, 0.1) is 19.3 Å². The highest BCUT2D eigenvalue weighted by atomic mass is 79.9. The van der Waals surface area contributed by atoms with Gasteiger partial charge in [0.15, 0.2) is 5.75 Å². The Balaban J connectivity index is 2.54. The minimum absolute atomic E-state index is 0.0450. The molecule has 2 rings (SSSR count). The lowest BCUT2D eigenvalue weighted by molar-refractivity contribution is 0.401. The van der Waals surface area contributed by atoms with Gasteiger partial charge in [-0.05, 0) is 44.2 Å². The van der Waals surface area contributed by atoms with Gasteiger partial charge in [-0.15, -0.1) is 0 Å². The third kappa shape index (κ3) is 2.88. The summed E-state index contributed by atoms with van der Waals surface area (Å²) in [6, 6.07) is 6.45. The Morgan fingerprint density at radius 2 is 2.15 bits per heavy atom. The summed E-state index contributed by atoms with van der Waals surface area (Å²) in [7, 11) is 3.63. The van der Waals surface area contributed by atoms with E-state index < -0.39 is 0 Å². The van der Waals surface area contributed by atoms with Crippen molar-refractivity contribution in [1.82, 2.24) is 15.1 Å². The maximum atomic E-state index is 5.46. The molecule has 1 aromatic heterocycles. The normalized spacial score (nSPS) is 12.4. The minimum atomic E-state index is 0.0450. The van der Waals surface area contributed by atoms with Crippen molar-refractivity contribution in [2.75, 3.05) is 14.2 Å². The molecular weight excluding hydrogens is 318 g/mol. The molecule has 4 nitrogen and oxygen atoms in total. The number of hydrogen-bond acceptors (Lipinski definition) is 3. The van der Waals surface area contributed by atoms with Crippen LogP contribution in [-0.4, -0.2) is 23.9 Å². The van der Waals surface area contributed by atoms with Crippen LogP contribution in [0.5, 0.6) is 5.75 Å². The van der Waals surface area contributed by atoms with E-state index in [1.807, 2.05) is 11.7 Å². The van der Waals surface area contributed by atoms with E-state index >= 15 is 0 Å². The Hall–Kier alpha value is -1.33. The summed E-state index contributed by atoms with van der Waals surface area (Å²) in [6.07, 6.45) is 1.77. The van der Waals surface area contributed by atoms with Gasteiger partial charge < -0.3 is 10.1 Å². The molecule has 0 radical (unpaired) electrons. The maximum Gasteiger partial charge on any atom is 0.161 e. The number of rotatable bonds is 5. The first kappa shape index (κ1) is 15.1. The molecular formula is C15H20BrN3O. The van der Waals surface area contributed by atoms with Crippen molar-refractivity contribution in [3.8, 4) is 5.75 Å². The second kappa shape index (κ2) is 6.41. The Kier molecular flexibility index (Phi) is 4.83. The second-order valence-corrected chi connectivity index (χ2v) is 5.61. The summed E-state index contributed by atoms with van der Waals surface area (Å²) in [5, 5.41) is 7.75. The van der Waals surface area contributed by atoms with Gasteiger partial charge in [0, 0.05) is 11.0 Å². The van der Waals surface area contributed by atoms with Crippen LogP contribution in [0.1, 0.15) is 29.8 Å². The van der Waals surface area contributed by atoms with Crippen LogP contribution in [0.2, 0.25) is 0 Å². The zero-order chi connectivity index (χ0) is 14.7. The van der Waals surface area contributed by atoms with Gasteiger partial charge >= 0.3 is 0 Å². The van der Waals surface area contributed by atoms with E-state index in [0.29, 0.717) is 0 Å². The monoisotopic (exact) mass is 337 g/mol. The van der Waals surface area contributed by atoms with E-state index in [-0.39, 0.29) is 6.04 Å². The Morgan fingerprint density at radius 1 is 1.40 bits per heavy atom. The van der Waals surface area contributed by atoms with Crippen molar-refractivity contribution in [3.05, 3.63) is 45.7 Å². The van der Waals surface area contributed by atoms with Crippen LogP contribution in [0, 0.1) is 6.92 Å². The highest BCUT2D eigenvalue weighted by Crippen LogP contribution is 2.31. The number of nitrogens with one attached hydrogen (secondary N) is 1. The van der Waals surface area contributed by atoms with Gasteiger partial charge in [0.1, 0.15) is 5.69 Å². The fourth-order valence-corrected chi connectivity index (χ4v) is 3.10. The molecule has 0 aliphatic carbocycles. The van der Waals surface area contributed by atoms with E-state index in [1.165, 1.54) is 11.1 Å². The van der Waals surface area contributed by atoms with Crippen LogP contribution in [0.25, 0.3) is 0 Å². The number of aromatic nitrogens is 2. The first-order valence-corrected chi connectivity index (χ1v) is 7.44.